The zero-order chi connectivity index (χ0) is 19.4. The average Bonchev–Trinajstić information content (AvgIpc) is 3.23. The van der Waals surface area contributed by atoms with Gasteiger partial charge in [0.2, 0.25) is 5.89 Å². The van der Waals surface area contributed by atoms with Gasteiger partial charge < -0.3 is 15.1 Å². The maximum Gasteiger partial charge on any atom is 0.214 e. The van der Waals surface area contributed by atoms with Gasteiger partial charge in [-0.1, -0.05) is 18.9 Å². The largest absolute Gasteiger partial charge is 0.444 e. The molecule has 0 atom stereocenters. The lowest BCUT2D eigenvalue weighted by molar-refractivity contribution is 0.386. The van der Waals surface area contributed by atoms with Crippen molar-refractivity contribution in [2.75, 3.05) is 13.6 Å². The fourth-order valence-corrected chi connectivity index (χ4v) is 3.82. The van der Waals surface area contributed by atoms with Crippen LogP contribution in [0.3, 0.4) is 0 Å². The maximum atomic E-state index is 14.4. The zero-order valence-electron chi connectivity index (χ0n) is 16.0. The summed E-state index contributed by atoms with van der Waals surface area (Å²) in [7, 11) is 1.66. The van der Waals surface area contributed by atoms with Gasteiger partial charge in [-0.25, -0.2) is 13.8 Å². The van der Waals surface area contributed by atoms with Crippen LogP contribution in [0.4, 0.5) is 8.78 Å². The number of nitrogens with one attached hydrogen (secondary N) is 2. The molecule has 0 spiro atoms. The van der Waals surface area contributed by atoms with Crippen molar-refractivity contribution >= 4 is 5.96 Å². The molecule has 0 aliphatic heterocycles. The van der Waals surface area contributed by atoms with Crippen LogP contribution in [0.2, 0.25) is 0 Å². The van der Waals surface area contributed by atoms with Crippen LogP contribution in [0, 0.1) is 25.5 Å². The quantitative estimate of drug-likeness (QED) is 0.616. The lowest BCUT2D eigenvalue weighted by Crippen LogP contribution is -2.45. The molecule has 27 heavy (non-hydrogen) atoms. The Morgan fingerprint density at radius 3 is 2.41 bits per heavy atom. The number of hydrogen-bond acceptors (Lipinski definition) is 3. The fourth-order valence-electron chi connectivity index (χ4n) is 3.82. The molecule has 0 radical (unpaired) electrons. The van der Waals surface area contributed by atoms with Crippen LogP contribution in [-0.2, 0) is 12.0 Å². The second-order valence-corrected chi connectivity index (χ2v) is 7.11. The molecule has 0 saturated heterocycles. The summed E-state index contributed by atoms with van der Waals surface area (Å²) in [6, 6.07) is 4.07. The van der Waals surface area contributed by atoms with Crippen molar-refractivity contribution in [2.45, 2.75) is 51.5 Å². The van der Waals surface area contributed by atoms with E-state index in [0.717, 1.165) is 37.1 Å². The second-order valence-electron chi connectivity index (χ2n) is 7.11. The van der Waals surface area contributed by atoms with Crippen molar-refractivity contribution < 1.29 is 13.2 Å². The molecule has 3 rings (SSSR count). The van der Waals surface area contributed by atoms with Gasteiger partial charge in [-0.05, 0) is 38.8 Å². The van der Waals surface area contributed by atoms with Crippen LogP contribution in [-0.4, -0.2) is 24.5 Å². The molecule has 146 valence electrons. The van der Waals surface area contributed by atoms with Crippen molar-refractivity contribution in [3.8, 4) is 0 Å². The van der Waals surface area contributed by atoms with Crippen molar-refractivity contribution in [3.05, 3.63) is 52.7 Å². The van der Waals surface area contributed by atoms with E-state index in [1.165, 1.54) is 18.2 Å². The predicted molar refractivity (Wildman–Crippen MR) is 101 cm³/mol. The third kappa shape index (κ3) is 4.12. The summed E-state index contributed by atoms with van der Waals surface area (Å²) in [5.41, 5.74) is 0.475. The number of aliphatic imine (C=N–C) groups is 1. The first-order valence-corrected chi connectivity index (χ1v) is 9.27. The van der Waals surface area contributed by atoms with Gasteiger partial charge in [0.25, 0.3) is 0 Å². The Balaban J connectivity index is 1.70. The molecule has 1 aliphatic rings. The van der Waals surface area contributed by atoms with E-state index in [-0.39, 0.29) is 5.56 Å². The Morgan fingerprint density at radius 2 is 1.85 bits per heavy atom. The minimum atomic E-state index is -0.566. The SMILES string of the molecule is CN=C(NCc1nc(C)c(C)o1)NCC1(c2c(F)cccc2F)CCCC1. The van der Waals surface area contributed by atoms with Crippen LogP contribution >= 0.6 is 0 Å². The van der Waals surface area contributed by atoms with Crippen LogP contribution in [0.25, 0.3) is 0 Å². The van der Waals surface area contributed by atoms with Crippen molar-refractivity contribution in [3.63, 3.8) is 0 Å². The fraction of sp³-hybridized carbons (Fsp3) is 0.500. The number of benzene rings is 1. The van der Waals surface area contributed by atoms with Crippen molar-refractivity contribution in [2.24, 2.45) is 4.99 Å². The Morgan fingerprint density at radius 1 is 1.19 bits per heavy atom. The van der Waals surface area contributed by atoms with Gasteiger partial charge in [-0.15, -0.1) is 0 Å². The van der Waals surface area contributed by atoms with E-state index in [0.29, 0.717) is 24.9 Å². The van der Waals surface area contributed by atoms with Crippen molar-refractivity contribution in [1.82, 2.24) is 15.6 Å². The molecule has 1 saturated carbocycles. The summed E-state index contributed by atoms with van der Waals surface area (Å²) in [5, 5.41) is 6.38. The van der Waals surface area contributed by atoms with Gasteiger partial charge in [-0.2, -0.15) is 0 Å². The smallest absolute Gasteiger partial charge is 0.214 e. The number of rotatable bonds is 5. The van der Waals surface area contributed by atoms with Gasteiger partial charge in [-0.3, -0.25) is 4.99 Å². The van der Waals surface area contributed by atoms with Gasteiger partial charge in [0, 0.05) is 24.6 Å². The first-order chi connectivity index (χ1) is 12.9. The van der Waals surface area contributed by atoms with E-state index in [4.69, 9.17) is 4.42 Å². The van der Waals surface area contributed by atoms with Crippen LogP contribution in [0.1, 0.15) is 48.6 Å². The van der Waals surface area contributed by atoms with Gasteiger partial charge in [0.15, 0.2) is 5.96 Å². The van der Waals surface area contributed by atoms with E-state index in [1.807, 2.05) is 13.8 Å². The number of aromatic nitrogens is 1. The Hall–Kier alpha value is -2.44. The standard InChI is InChI=1S/C20H26F2N4O/c1-13-14(2)27-17(26-13)11-24-19(23-3)25-12-20(9-4-5-10-20)18-15(21)7-6-8-16(18)22/h6-8H,4-5,9-12H2,1-3H3,(H2,23,24,25). The number of nitrogens with zero attached hydrogens (tertiary/aromatic N) is 2. The minimum absolute atomic E-state index is 0.185. The molecular formula is C20H26F2N4O. The van der Waals surface area contributed by atoms with Crippen LogP contribution in [0.5, 0.6) is 0 Å². The molecule has 5 nitrogen and oxygen atoms in total. The predicted octanol–water partition coefficient (Wildman–Crippen LogP) is 3.75. The second kappa shape index (κ2) is 8.06. The Labute approximate surface area is 158 Å². The van der Waals surface area contributed by atoms with Gasteiger partial charge in [0.05, 0.1) is 12.2 Å². The molecule has 2 N–H and O–H groups in total. The summed E-state index contributed by atoms with van der Waals surface area (Å²) in [4.78, 5) is 8.53. The highest BCUT2D eigenvalue weighted by Gasteiger charge is 2.39. The third-order valence-electron chi connectivity index (χ3n) is 5.35. The van der Waals surface area contributed by atoms with E-state index >= 15 is 0 Å². The summed E-state index contributed by atoms with van der Waals surface area (Å²) >= 11 is 0. The Bertz CT molecular complexity index is 786. The summed E-state index contributed by atoms with van der Waals surface area (Å²) < 4.78 is 34.4. The topological polar surface area (TPSA) is 62.5 Å². The monoisotopic (exact) mass is 376 g/mol. The van der Waals surface area contributed by atoms with Gasteiger partial charge >= 0.3 is 0 Å². The summed E-state index contributed by atoms with van der Waals surface area (Å²) in [6.45, 7) is 4.55. The average molecular weight is 376 g/mol. The first-order valence-electron chi connectivity index (χ1n) is 9.27. The number of halogens is 2. The third-order valence-corrected chi connectivity index (χ3v) is 5.35. The highest BCUT2D eigenvalue weighted by molar-refractivity contribution is 5.79. The van der Waals surface area contributed by atoms with Gasteiger partial charge in [0.1, 0.15) is 17.4 Å². The molecule has 1 heterocycles. The molecule has 0 amide bonds. The van der Waals surface area contributed by atoms with Crippen LogP contribution in [0.15, 0.2) is 27.6 Å². The summed E-state index contributed by atoms with van der Waals surface area (Å²) in [6.07, 6.45) is 3.40. The number of oxazole rings is 1. The minimum Gasteiger partial charge on any atom is -0.444 e. The van der Waals surface area contributed by atoms with E-state index in [9.17, 15) is 8.78 Å². The van der Waals surface area contributed by atoms with E-state index in [2.05, 4.69) is 20.6 Å². The zero-order valence-corrected chi connectivity index (χ0v) is 16.0. The van der Waals surface area contributed by atoms with Crippen LogP contribution < -0.4 is 10.6 Å². The summed E-state index contributed by atoms with van der Waals surface area (Å²) in [5.74, 6) is 0.949. The molecule has 1 aromatic carbocycles. The number of guanidine groups is 1. The molecule has 1 aromatic heterocycles. The molecular weight excluding hydrogens is 350 g/mol. The maximum absolute atomic E-state index is 14.4. The molecule has 0 unspecified atom stereocenters. The highest BCUT2D eigenvalue weighted by Crippen LogP contribution is 2.42. The molecule has 0 bridgehead atoms. The number of aryl methyl sites for hydroxylation is 2. The first kappa shape index (κ1) is 19.3. The van der Waals surface area contributed by atoms with Crippen molar-refractivity contribution in [1.29, 1.82) is 0 Å². The Kier molecular flexibility index (Phi) is 5.77. The van der Waals surface area contributed by atoms with E-state index in [1.54, 1.807) is 7.05 Å². The number of hydrogen-bond donors (Lipinski definition) is 2. The van der Waals surface area contributed by atoms with E-state index < -0.39 is 17.0 Å². The molecule has 7 heteroatoms. The molecule has 1 aliphatic carbocycles. The highest BCUT2D eigenvalue weighted by atomic mass is 19.1. The normalized spacial score (nSPS) is 16.6. The molecule has 2 aromatic rings. The molecule has 1 fully saturated rings. The lowest BCUT2D eigenvalue weighted by Gasteiger charge is -2.31. The lowest BCUT2D eigenvalue weighted by atomic mass is 9.78.